The van der Waals surface area contributed by atoms with Gasteiger partial charge < -0.3 is 20.7 Å². The van der Waals surface area contributed by atoms with E-state index in [0.717, 1.165) is 5.56 Å². The molecule has 0 radical (unpaired) electrons. The Morgan fingerprint density at radius 3 is 2.63 bits per heavy atom. The molecule has 3 rings (SSSR count). The summed E-state index contributed by atoms with van der Waals surface area (Å²) in [6.45, 7) is 0.340. The lowest BCUT2D eigenvalue weighted by atomic mass is 10.3. The summed E-state index contributed by atoms with van der Waals surface area (Å²) < 4.78 is 4.19. The van der Waals surface area contributed by atoms with Crippen molar-refractivity contribution in [3.05, 3.63) is 51.2 Å². The van der Waals surface area contributed by atoms with E-state index in [0.29, 0.717) is 0 Å². The molecule has 2 amide bonds. The van der Waals surface area contributed by atoms with Gasteiger partial charge in [0.15, 0.2) is 5.02 Å². The minimum Gasteiger partial charge on any atom is -0.358 e. The number of nitrogens with zero attached hydrogens (tertiary/aromatic N) is 7. The van der Waals surface area contributed by atoms with Crippen LogP contribution in [0.15, 0.2) is 24.8 Å². The molecule has 0 spiro atoms. The number of hydrogen-bond acceptors (Lipinski definition) is 7. The number of aryl methyl sites for hydroxylation is 3. The van der Waals surface area contributed by atoms with Gasteiger partial charge in [-0.05, 0) is 4.92 Å². The zero-order valence-electron chi connectivity index (χ0n) is 16.1. The van der Waals surface area contributed by atoms with Crippen molar-refractivity contribution in [3.8, 4) is 0 Å². The van der Waals surface area contributed by atoms with E-state index in [4.69, 9.17) is 11.6 Å². The number of rotatable bonds is 8. The van der Waals surface area contributed by atoms with Crippen molar-refractivity contribution >= 4 is 34.9 Å². The van der Waals surface area contributed by atoms with Gasteiger partial charge in [-0.15, -0.1) is 0 Å². The van der Waals surface area contributed by atoms with Crippen molar-refractivity contribution in [2.45, 2.75) is 19.5 Å². The largest absolute Gasteiger partial charge is 0.408 e. The number of halogens is 1. The van der Waals surface area contributed by atoms with Gasteiger partial charge in [0.2, 0.25) is 5.91 Å². The van der Waals surface area contributed by atoms with E-state index >= 15 is 0 Å². The fourth-order valence-electron chi connectivity index (χ4n) is 2.68. The number of carbonyl (C=O) groups excluding carboxylic acids is 2. The van der Waals surface area contributed by atoms with E-state index in [1.807, 2.05) is 0 Å². The number of nitrogens with one attached hydrogen (secondary N) is 2. The second-order valence-corrected chi connectivity index (χ2v) is 6.76. The Morgan fingerprint density at radius 2 is 2.00 bits per heavy atom. The van der Waals surface area contributed by atoms with Gasteiger partial charge in [0, 0.05) is 38.8 Å². The standard InChI is InChI=1S/C16H18ClN9O4/c1-23-8-10(6-19-23)5-18-16(28)14-12(7-20-24(14)2)21-13(27)3-4-25-9-11(17)15(22-25)26(29)30/h6-9H,3-5H2,1-2H3,(H,18,28)(H,21,27). The normalized spacial score (nSPS) is 10.8. The lowest BCUT2D eigenvalue weighted by Gasteiger charge is -2.08. The molecule has 0 aliphatic heterocycles. The molecule has 3 heterocycles. The molecule has 158 valence electrons. The van der Waals surface area contributed by atoms with Crippen LogP contribution >= 0.6 is 11.6 Å². The molecule has 0 atom stereocenters. The lowest BCUT2D eigenvalue weighted by molar-refractivity contribution is -0.389. The third-order valence-electron chi connectivity index (χ3n) is 4.08. The molecule has 0 fully saturated rings. The lowest BCUT2D eigenvalue weighted by Crippen LogP contribution is -2.26. The Kier molecular flexibility index (Phi) is 6.11. The minimum atomic E-state index is -0.703. The predicted molar refractivity (Wildman–Crippen MR) is 105 cm³/mol. The van der Waals surface area contributed by atoms with Gasteiger partial charge in [-0.2, -0.15) is 14.9 Å². The molecular formula is C16H18ClN9O4. The number of anilines is 1. The van der Waals surface area contributed by atoms with Gasteiger partial charge >= 0.3 is 5.82 Å². The highest BCUT2D eigenvalue weighted by Gasteiger charge is 2.21. The molecular weight excluding hydrogens is 418 g/mol. The van der Waals surface area contributed by atoms with E-state index < -0.39 is 22.6 Å². The van der Waals surface area contributed by atoms with Crippen molar-refractivity contribution < 1.29 is 14.5 Å². The molecule has 13 nitrogen and oxygen atoms in total. The van der Waals surface area contributed by atoms with Crippen LogP contribution in [0.25, 0.3) is 0 Å². The molecule has 3 aromatic heterocycles. The van der Waals surface area contributed by atoms with Gasteiger partial charge in [0.1, 0.15) is 5.69 Å². The second-order valence-electron chi connectivity index (χ2n) is 6.35. The van der Waals surface area contributed by atoms with Crippen molar-refractivity contribution in [1.82, 2.24) is 34.7 Å². The summed E-state index contributed by atoms with van der Waals surface area (Å²) in [6, 6.07) is 0. The van der Waals surface area contributed by atoms with E-state index in [-0.39, 0.29) is 35.9 Å². The van der Waals surface area contributed by atoms with Crippen molar-refractivity contribution in [3.63, 3.8) is 0 Å². The number of aromatic nitrogens is 6. The zero-order valence-corrected chi connectivity index (χ0v) is 16.8. The first-order valence-corrected chi connectivity index (χ1v) is 9.07. The molecule has 0 bridgehead atoms. The summed E-state index contributed by atoms with van der Waals surface area (Å²) in [4.78, 5) is 34.9. The van der Waals surface area contributed by atoms with Crippen LogP contribution in [0, 0.1) is 10.1 Å². The number of hydrogen-bond donors (Lipinski definition) is 2. The molecule has 0 aliphatic rings. The van der Waals surface area contributed by atoms with Crippen LogP contribution in [0.3, 0.4) is 0 Å². The van der Waals surface area contributed by atoms with Crippen LogP contribution in [0.2, 0.25) is 5.02 Å². The monoisotopic (exact) mass is 435 g/mol. The van der Waals surface area contributed by atoms with Crippen LogP contribution in [0.4, 0.5) is 11.5 Å². The highest BCUT2D eigenvalue weighted by Crippen LogP contribution is 2.21. The van der Waals surface area contributed by atoms with E-state index in [9.17, 15) is 19.7 Å². The SMILES string of the molecule is Cn1cc(CNC(=O)c2c(NC(=O)CCn3cc(Cl)c([N+](=O)[O-])n3)cnn2C)cn1. The smallest absolute Gasteiger partial charge is 0.358 e. The maximum atomic E-state index is 12.5. The molecule has 0 saturated heterocycles. The molecule has 3 aromatic rings. The first-order chi connectivity index (χ1) is 14.2. The third kappa shape index (κ3) is 4.81. The van der Waals surface area contributed by atoms with E-state index in [1.54, 1.807) is 31.2 Å². The second kappa shape index (κ2) is 8.73. The fraction of sp³-hybridized carbons (Fsp3) is 0.312. The first-order valence-electron chi connectivity index (χ1n) is 8.69. The summed E-state index contributed by atoms with van der Waals surface area (Å²) >= 11 is 5.73. The summed E-state index contributed by atoms with van der Waals surface area (Å²) in [5.41, 5.74) is 1.26. The Balaban J connectivity index is 1.60. The Hall–Kier alpha value is -3.74. The van der Waals surface area contributed by atoms with E-state index in [2.05, 4.69) is 25.9 Å². The first kappa shape index (κ1) is 21.0. The number of nitro groups is 1. The highest BCUT2D eigenvalue weighted by molar-refractivity contribution is 6.32. The average Bonchev–Trinajstić information content (AvgIpc) is 3.37. The molecule has 14 heteroatoms. The van der Waals surface area contributed by atoms with Crippen LogP contribution < -0.4 is 10.6 Å². The van der Waals surface area contributed by atoms with Crippen LogP contribution in [0.1, 0.15) is 22.5 Å². The minimum absolute atomic E-state index is 0.0409. The molecule has 0 aliphatic carbocycles. The molecule has 0 unspecified atom stereocenters. The highest BCUT2D eigenvalue weighted by atomic mass is 35.5. The summed E-state index contributed by atoms with van der Waals surface area (Å²) in [5.74, 6) is -1.31. The van der Waals surface area contributed by atoms with Crippen molar-refractivity contribution in [1.29, 1.82) is 0 Å². The summed E-state index contributed by atoms with van der Waals surface area (Å²) in [5, 5.41) is 27.8. The third-order valence-corrected chi connectivity index (χ3v) is 4.35. The van der Waals surface area contributed by atoms with Gasteiger partial charge in [-0.25, -0.2) is 0 Å². The Morgan fingerprint density at radius 1 is 1.23 bits per heavy atom. The fourth-order valence-corrected chi connectivity index (χ4v) is 2.90. The Bertz CT molecular complexity index is 1100. The van der Waals surface area contributed by atoms with Gasteiger partial charge in [-0.3, -0.25) is 19.0 Å². The number of carbonyl (C=O) groups is 2. The van der Waals surface area contributed by atoms with Gasteiger partial charge in [0.05, 0.1) is 35.9 Å². The van der Waals surface area contributed by atoms with Crippen LogP contribution in [-0.4, -0.2) is 46.1 Å². The van der Waals surface area contributed by atoms with Crippen LogP contribution in [-0.2, 0) is 32.0 Å². The van der Waals surface area contributed by atoms with Crippen molar-refractivity contribution in [2.75, 3.05) is 5.32 Å². The molecule has 0 aromatic carbocycles. The molecule has 30 heavy (non-hydrogen) atoms. The van der Waals surface area contributed by atoms with Gasteiger partial charge in [-0.1, -0.05) is 11.6 Å². The van der Waals surface area contributed by atoms with Gasteiger partial charge in [0.25, 0.3) is 5.91 Å². The Labute approximate surface area is 174 Å². The quantitative estimate of drug-likeness (QED) is 0.392. The summed E-state index contributed by atoms with van der Waals surface area (Å²) in [7, 11) is 3.36. The van der Waals surface area contributed by atoms with Crippen molar-refractivity contribution in [2.24, 2.45) is 14.1 Å². The number of amides is 2. The van der Waals surface area contributed by atoms with E-state index in [1.165, 1.54) is 21.8 Å². The summed E-state index contributed by atoms with van der Waals surface area (Å²) in [6.07, 6.45) is 6.01. The molecule has 0 saturated carbocycles. The average molecular weight is 436 g/mol. The van der Waals surface area contributed by atoms with Crippen LogP contribution in [0.5, 0.6) is 0 Å². The zero-order chi connectivity index (χ0) is 21.8. The maximum Gasteiger partial charge on any atom is 0.408 e. The molecule has 2 N–H and O–H groups in total. The topological polar surface area (TPSA) is 155 Å². The maximum absolute atomic E-state index is 12.5. The predicted octanol–water partition coefficient (Wildman–Crippen LogP) is 0.870.